The Bertz CT molecular complexity index is 1280. The first-order chi connectivity index (χ1) is 21.0. The third-order valence-corrected chi connectivity index (χ3v) is 8.13. The number of aromatic carboxylic acids is 1. The second-order valence-electron chi connectivity index (χ2n) is 11.1. The highest BCUT2D eigenvalue weighted by Gasteiger charge is 2.46. The number of nitrogens with zero attached hydrogens (tertiary/aromatic N) is 2. The van der Waals surface area contributed by atoms with Gasteiger partial charge in [0.25, 0.3) is 0 Å². The molecule has 0 spiro atoms. The highest BCUT2D eigenvalue weighted by atomic mass is 16.5. The van der Waals surface area contributed by atoms with Crippen LogP contribution in [0.3, 0.4) is 0 Å². The number of ether oxygens (including phenoxy) is 1. The maximum atomic E-state index is 11.2. The van der Waals surface area contributed by atoms with Crippen LogP contribution in [0.5, 0.6) is 5.75 Å². The molecular weight excluding hydrogens is 542 g/mol. The Morgan fingerprint density at radius 1 is 0.884 bits per heavy atom. The Hall–Kier alpha value is -3.88. The Morgan fingerprint density at radius 2 is 1.63 bits per heavy atom. The van der Waals surface area contributed by atoms with Crippen LogP contribution in [0.4, 0.5) is 5.69 Å². The molecule has 1 aliphatic rings. The maximum Gasteiger partial charge on any atom is 0.335 e. The lowest BCUT2D eigenvalue weighted by molar-refractivity contribution is -0.137. The molecule has 3 aromatic rings. The molecule has 3 atom stereocenters. The summed E-state index contributed by atoms with van der Waals surface area (Å²) in [5.74, 6) is -0.784. The molecule has 0 amide bonds. The monoisotopic (exact) mass is 587 g/mol. The predicted octanol–water partition coefficient (Wildman–Crippen LogP) is 5.71. The van der Waals surface area contributed by atoms with Crippen molar-refractivity contribution in [1.82, 2.24) is 10.2 Å². The number of hydrogen-bond acceptors (Lipinski definition) is 6. The largest absolute Gasteiger partial charge is 0.493 e. The lowest BCUT2D eigenvalue weighted by atomic mass is 10.0. The molecule has 0 aromatic heterocycles. The zero-order chi connectivity index (χ0) is 30.4. The van der Waals surface area contributed by atoms with E-state index in [1.165, 1.54) is 5.69 Å². The zero-order valence-electron chi connectivity index (χ0n) is 25.2. The highest BCUT2D eigenvalue weighted by Crippen LogP contribution is 2.38. The van der Waals surface area contributed by atoms with Crippen LogP contribution in [0.15, 0.2) is 78.9 Å². The van der Waals surface area contributed by atoms with Gasteiger partial charge < -0.3 is 25.2 Å². The molecule has 0 aliphatic carbocycles. The van der Waals surface area contributed by atoms with E-state index in [2.05, 4.69) is 52.4 Å². The molecule has 43 heavy (non-hydrogen) atoms. The minimum Gasteiger partial charge on any atom is -0.493 e. The summed E-state index contributed by atoms with van der Waals surface area (Å²) < 4.78 is 6.23. The number of anilines is 1. The topological polar surface area (TPSA) is 102 Å². The fourth-order valence-corrected chi connectivity index (χ4v) is 5.68. The summed E-state index contributed by atoms with van der Waals surface area (Å²) >= 11 is 0. The first kappa shape index (κ1) is 32.0. The number of likely N-dealkylation sites (N-methyl/N-ethyl adjacent to an activating group) is 1. The molecule has 8 heteroatoms. The van der Waals surface area contributed by atoms with Crippen LogP contribution in [0.2, 0.25) is 0 Å². The summed E-state index contributed by atoms with van der Waals surface area (Å²) in [5, 5.41) is 21.9. The smallest absolute Gasteiger partial charge is 0.335 e. The average molecular weight is 588 g/mol. The number of hydrogen-bond donors (Lipinski definition) is 3. The van der Waals surface area contributed by atoms with Gasteiger partial charge in [-0.15, -0.1) is 0 Å². The van der Waals surface area contributed by atoms with Gasteiger partial charge in [0.15, 0.2) is 0 Å². The van der Waals surface area contributed by atoms with Crippen molar-refractivity contribution in [3.63, 3.8) is 0 Å². The summed E-state index contributed by atoms with van der Waals surface area (Å²) in [4.78, 5) is 27.1. The van der Waals surface area contributed by atoms with E-state index in [0.717, 1.165) is 68.7 Å². The fourth-order valence-electron chi connectivity index (χ4n) is 5.68. The van der Waals surface area contributed by atoms with Crippen molar-refractivity contribution < 1.29 is 24.5 Å². The normalized spacial score (nSPS) is 17.4. The Morgan fingerprint density at radius 3 is 2.35 bits per heavy atom. The van der Waals surface area contributed by atoms with Gasteiger partial charge in [0.05, 0.1) is 12.2 Å². The van der Waals surface area contributed by atoms with Crippen LogP contribution in [0, 0.1) is 0 Å². The standard InChI is InChI=1S/C35H45N3O5/c1-2-37(30-12-4-3-5-13-30)23-22-36-21-8-9-24-43-33-15-7-6-11-29(33)25-32-31(14-10-16-34(39)40)38(32)26-27-17-19-28(20-18-27)35(41)42/h3-7,11-13,15,17-20,31-32,36H,2,8-10,14,16,21-26H2,1H3,(H,39,40)(H,41,42). The van der Waals surface area contributed by atoms with E-state index >= 15 is 0 Å². The number of rotatable bonds is 20. The van der Waals surface area contributed by atoms with Crippen molar-refractivity contribution in [2.24, 2.45) is 0 Å². The second kappa shape index (κ2) is 16.7. The van der Waals surface area contributed by atoms with Crippen LogP contribution in [0.1, 0.15) is 60.5 Å². The van der Waals surface area contributed by atoms with Gasteiger partial charge in [-0.25, -0.2) is 4.79 Å². The minimum absolute atomic E-state index is 0.169. The van der Waals surface area contributed by atoms with E-state index in [-0.39, 0.29) is 12.0 Å². The first-order valence-corrected chi connectivity index (χ1v) is 15.5. The summed E-state index contributed by atoms with van der Waals surface area (Å²) in [5.41, 5.74) is 3.75. The minimum atomic E-state index is -0.933. The number of unbranched alkanes of at least 4 members (excludes halogenated alkanes) is 1. The van der Waals surface area contributed by atoms with Gasteiger partial charge in [-0.3, -0.25) is 9.69 Å². The SMILES string of the molecule is CCN(CCNCCCCOc1ccccc1CC1C(CCCC(=O)O)N1Cc1ccc(C(=O)O)cc1)c1ccccc1. The van der Waals surface area contributed by atoms with Crippen molar-refractivity contribution in [2.45, 2.75) is 64.1 Å². The van der Waals surface area contributed by atoms with Gasteiger partial charge in [-0.2, -0.15) is 0 Å². The van der Waals surface area contributed by atoms with E-state index in [9.17, 15) is 14.7 Å². The van der Waals surface area contributed by atoms with Crippen LogP contribution in [-0.4, -0.2) is 71.9 Å². The number of carboxylic acid groups (broad SMARTS) is 2. The quantitative estimate of drug-likeness (QED) is 0.114. The van der Waals surface area contributed by atoms with E-state index in [1.807, 2.05) is 36.4 Å². The number of benzene rings is 3. The van der Waals surface area contributed by atoms with Crippen LogP contribution < -0.4 is 15.0 Å². The molecule has 1 aliphatic heterocycles. The number of carboxylic acids is 2. The third kappa shape index (κ3) is 10.1. The summed E-state index contributed by atoms with van der Waals surface area (Å²) in [6.07, 6.45) is 4.47. The summed E-state index contributed by atoms with van der Waals surface area (Å²) in [7, 11) is 0. The molecule has 3 unspecified atom stereocenters. The van der Waals surface area contributed by atoms with Crippen molar-refractivity contribution in [3.8, 4) is 5.75 Å². The predicted molar refractivity (Wildman–Crippen MR) is 170 cm³/mol. The van der Waals surface area contributed by atoms with Crippen molar-refractivity contribution in [1.29, 1.82) is 0 Å². The van der Waals surface area contributed by atoms with Gasteiger partial charge in [-0.1, -0.05) is 48.5 Å². The van der Waals surface area contributed by atoms with Crippen molar-refractivity contribution in [3.05, 3.63) is 95.6 Å². The molecule has 1 saturated heterocycles. The van der Waals surface area contributed by atoms with E-state index in [0.29, 0.717) is 31.7 Å². The molecule has 4 rings (SSSR count). The summed E-state index contributed by atoms with van der Waals surface area (Å²) in [6, 6.07) is 26.3. The molecule has 0 saturated carbocycles. The van der Waals surface area contributed by atoms with E-state index in [4.69, 9.17) is 9.84 Å². The second-order valence-corrected chi connectivity index (χ2v) is 11.1. The Labute approximate surface area is 255 Å². The molecule has 230 valence electrons. The molecule has 3 aromatic carbocycles. The van der Waals surface area contributed by atoms with E-state index < -0.39 is 11.9 Å². The van der Waals surface area contributed by atoms with Crippen molar-refractivity contribution >= 4 is 17.6 Å². The lowest BCUT2D eigenvalue weighted by Crippen LogP contribution is -2.32. The van der Waals surface area contributed by atoms with Gasteiger partial charge in [0, 0.05) is 50.4 Å². The molecule has 0 radical (unpaired) electrons. The first-order valence-electron chi connectivity index (χ1n) is 15.5. The lowest BCUT2D eigenvalue weighted by Gasteiger charge is -2.23. The van der Waals surface area contributed by atoms with Gasteiger partial charge in [-0.05, 0) is 87.0 Å². The molecule has 0 bridgehead atoms. The van der Waals surface area contributed by atoms with Gasteiger partial charge >= 0.3 is 11.9 Å². The average Bonchev–Trinajstić information content (AvgIpc) is 3.66. The fraction of sp³-hybridized carbons (Fsp3) is 0.429. The number of nitrogens with one attached hydrogen (secondary N) is 1. The number of para-hydroxylation sites is 2. The maximum absolute atomic E-state index is 11.2. The Kier molecular flexibility index (Phi) is 12.4. The Balaban J connectivity index is 1.22. The molecule has 3 N–H and O–H groups in total. The zero-order valence-corrected chi connectivity index (χ0v) is 25.2. The van der Waals surface area contributed by atoms with Crippen LogP contribution in [-0.2, 0) is 17.8 Å². The van der Waals surface area contributed by atoms with Gasteiger partial charge in [0.2, 0.25) is 0 Å². The highest BCUT2D eigenvalue weighted by molar-refractivity contribution is 5.87. The molecular formula is C35H45N3O5. The number of aliphatic carboxylic acids is 1. The molecule has 1 heterocycles. The third-order valence-electron chi connectivity index (χ3n) is 8.13. The molecule has 1 fully saturated rings. The van der Waals surface area contributed by atoms with E-state index in [1.54, 1.807) is 12.1 Å². The van der Waals surface area contributed by atoms with Crippen molar-refractivity contribution in [2.75, 3.05) is 37.7 Å². The van der Waals surface area contributed by atoms with Crippen LogP contribution in [0.25, 0.3) is 0 Å². The summed E-state index contributed by atoms with van der Waals surface area (Å²) in [6.45, 7) is 7.43. The van der Waals surface area contributed by atoms with Crippen LogP contribution >= 0.6 is 0 Å². The van der Waals surface area contributed by atoms with Gasteiger partial charge in [0.1, 0.15) is 5.75 Å². The number of carbonyl (C=O) groups is 2. The molecule has 8 nitrogen and oxygen atoms in total.